The highest BCUT2D eigenvalue weighted by Crippen LogP contribution is 2.43. The van der Waals surface area contributed by atoms with Crippen LogP contribution in [-0.2, 0) is 0 Å². The molecule has 32 heavy (non-hydrogen) atoms. The summed E-state index contributed by atoms with van der Waals surface area (Å²) in [5, 5.41) is 11.3. The van der Waals surface area contributed by atoms with Gasteiger partial charge in [0.05, 0.1) is 22.0 Å². The van der Waals surface area contributed by atoms with E-state index in [9.17, 15) is 10.1 Å². The number of amidine groups is 1. The monoisotopic (exact) mass is 499 g/mol. The van der Waals surface area contributed by atoms with E-state index in [1.807, 2.05) is 18.2 Å². The molecule has 2 aromatic carbocycles. The second-order valence-corrected chi connectivity index (χ2v) is 9.56. The van der Waals surface area contributed by atoms with Gasteiger partial charge in [-0.3, -0.25) is 9.79 Å². The van der Waals surface area contributed by atoms with Gasteiger partial charge in [-0.15, -0.1) is 0 Å². The molecular weight excluding hydrogens is 489 g/mol. The Balaban J connectivity index is 1.68. The zero-order chi connectivity index (χ0) is 22.6. The molecule has 0 N–H and O–H groups in total. The van der Waals surface area contributed by atoms with Crippen molar-refractivity contribution in [3.8, 4) is 17.3 Å². The van der Waals surface area contributed by atoms with Crippen LogP contribution in [0, 0.1) is 11.3 Å². The second-order valence-electron chi connectivity index (χ2n) is 7.18. The van der Waals surface area contributed by atoms with E-state index in [1.165, 1.54) is 16.3 Å². The Hall–Kier alpha value is -2.63. The SMILES string of the molecule is CC1=NC(c2ccc(Cl)cc2)C2Sc3nc(-c4ccc(Cl)cc4Cl)c(C#N)c(=O)n3C2=N1. The molecule has 2 unspecified atom stereocenters. The van der Waals surface area contributed by atoms with Gasteiger partial charge >= 0.3 is 0 Å². The van der Waals surface area contributed by atoms with Crippen molar-refractivity contribution in [1.29, 1.82) is 5.26 Å². The lowest BCUT2D eigenvalue weighted by molar-refractivity contribution is 0.748. The zero-order valence-electron chi connectivity index (χ0n) is 16.4. The molecule has 0 fully saturated rings. The number of nitriles is 1. The predicted octanol–water partition coefficient (Wildman–Crippen LogP) is 5.64. The third kappa shape index (κ3) is 3.44. The Bertz CT molecular complexity index is 1440. The molecule has 10 heteroatoms. The third-order valence-corrected chi connectivity index (χ3v) is 7.17. The van der Waals surface area contributed by atoms with Crippen LogP contribution in [0.2, 0.25) is 15.1 Å². The minimum Gasteiger partial charge on any atom is -0.267 e. The highest BCUT2D eigenvalue weighted by atomic mass is 35.5. The minimum absolute atomic E-state index is 0.106. The van der Waals surface area contributed by atoms with Gasteiger partial charge in [0.25, 0.3) is 5.56 Å². The van der Waals surface area contributed by atoms with Gasteiger partial charge < -0.3 is 0 Å². The number of nitrogens with zero attached hydrogens (tertiary/aromatic N) is 5. The first kappa shape index (κ1) is 21.2. The molecule has 2 aliphatic rings. The molecule has 0 saturated heterocycles. The smallest absolute Gasteiger partial charge is 0.267 e. The summed E-state index contributed by atoms with van der Waals surface area (Å²) in [5.74, 6) is 1.06. The van der Waals surface area contributed by atoms with E-state index in [0.717, 1.165) is 5.56 Å². The summed E-state index contributed by atoms with van der Waals surface area (Å²) in [6.45, 7) is 1.78. The van der Waals surface area contributed by atoms with E-state index >= 15 is 0 Å². The lowest BCUT2D eigenvalue weighted by Gasteiger charge is -2.23. The lowest BCUT2D eigenvalue weighted by Crippen LogP contribution is -2.36. The van der Waals surface area contributed by atoms with Gasteiger partial charge in [-0.25, -0.2) is 14.5 Å². The van der Waals surface area contributed by atoms with Crippen LogP contribution in [0.15, 0.2) is 62.4 Å². The van der Waals surface area contributed by atoms with E-state index in [-0.39, 0.29) is 22.5 Å². The van der Waals surface area contributed by atoms with Crippen LogP contribution >= 0.6 is 46.6 Å². The molecule has 0 spiro atoms. The molecule has 0 aliphatic carbocycles. The summed E-state index contributed by atoms with van der Waals surface area (Å²) in [5.41, 5.74) is 1.04. The van der Waals surface area contributed by atoms with E-state index in [1.54, 1.807) is 37.3 Å². The number of hydrogen-bond acceptors (Lipinski definition) is 6. The fourth-order valence-electron chi connectivity index (χ4n) is 3.75. The summed E-state index contributed by atoms with van der Waals surface area (Å²) >= 11 is 19.8. The first-order valence-corrected chi connectivity index (χ1v) is 11.5. The van der Waals surface area contributed by atoms with Gasteiger partial charge in [-0.1, -0.05) is 58.7 Å². The number of hydrogen-bond donors (Lipinski definition) is 0. The van der Waals surface area contributed by atoms with Gasteiger partial charge in [0, 0.05) is 15.6 Å². The third-order valence-electron chi connectivity index (χ3n) is 5.17. The van der Waals surface area contributed by atoms with Crippen molar-refractivity contribution in [3.05, 3.63) is 79.0 Å². The summed E-state index contributed by atoms with van der Waals surface area (Å²) in [6.07, 6.45) is 0. The van der Waals surface area contributed by atoms with Crippen LogP contribution < -0.4 is 5.56 Å². The van der Waals surface area contributed by atoms with Crippen LogP contribution in [0.5, 0.6) is 0 Å². The molecule has 2 aliphatic heterocycles. The van der Waals surface area contributed by atoms with Crippen molar-refractivity contribution in [1.82, 2.24) is 9.55 Å². The van der Waals surface area contributed by atoms with Crippen molar-refractivity contribution < 1.29 is 0 Å². The molecule has 0 radical (unpaired) electrons. The molecule has 2 atom stereocenters. The molecular formula is C22H12Cl3N5OS. The second kappa shape index (κ2) is 8.05. The van der Waals surface area contributed by atoms with Gasteiger partial charge in [0.15, 0.2) is 5.16 Å². The average Bonchev–Trinajstić information content (AvgIpc) is 3.12. The van der Waals surface area contributed by atoms with Crippen molar-refractivity contribution in [2.75, 3.05) is 0 Å². The van der Waals surface area contributed by atoms with Crippen LogP contribution in [0.3, 0.4) is 0 Å². The van der Waals surface area contributed by atoms with E-state index in [4.69, 9.17) is 39.8 Å². The first-order valence-electron chi connectivity index (χ1n) is 9.45. The fraction of sp³-hybridized carbons (Fsp3) is 0.136. The Morgan fingerprint density at radius 2 is 1.81 bits per heavy atom. The van der Waals surface area contributed by atoms with Crippen LogP contribution in [0.25, 0.3) is 11.3 Å². The predicted molar refractivity (Wildman–Crippen MR) is 128 cm³/mol. The molecule has 0 bridgehead atoms. The quantitative estimate of drug-likeness (QED) is 0.427. The summed E-state index contributed by atoms with van der Waals surface area (Å²) in [4.78, 5) is 27.3. The largest absolute Gasteiger partial charge is 0.278 e. The van der Waals surface area contributed by atoms with Crippen molar-refractivity contribution in [2.24, 2.45) is 9.98 Å². The highest BCUT2D eigenvalue weighted by Gasteiger charge is 2.41. The molecule has 0 saturated carbocycles. The van der Waals surface area contributed by atoms with Gasteiger partial charge in [0.1, 0.15) is 23.3 Å². The van der Waals surface area contributed by atoms with Crippen molar-refractivity contribution in [3.63, 3.8) is 0 Å². The average molecular weight is 501 g/mol. The maximum absolute atomic E-state index is 13.4. The van der Waals surface area contributed by atoms with Crippen molar-refractivity contribution >= 4 is 58.2 Å². The first-order chi connectivity index (χ1) is 15.4. The Labute approximate surface area is 202 Å². The topological polar surface area (TPSA) is 83.4 Å². The zero-order valence-corrected chi connectivity index (χ0v) is 19.5. The molecule has 3 aromatic rings. The van der Waals surface area contributed by atoms with Crippen LogP contribution in [0.1, 0.15) is 24.1 Å². The number of fused-ring (bicyclic) bond motifs is 3. The Morgan fingerprint density at radius 3 is 2.50 bits per heavy atom. The summed E-state index contributed by atoms with van der Waals surface area (Å²) in [7, 11) is 0. The van der Waals surface area contributed by atoms with Crippen LogP contribution in [-0.4, -0.2) is 26.5 Å². The maximum atomic E-state index is 13.4. The number of thioether (sulfide) groups is 1. The molecule has 0 amide bonds. The number of aliphatic imine (C=N–C) groups is 2. The summed E-state index contributed by atoms with van der Waals surface area (Å²) in [6, 6.07) is 14.0. The van der Waals surface area contributed by atoms with Gasteiger partial charge in [-0.2, -0.15) is 5.26 Å². The lowest BCUT2D eigenvalue weighted by atomic mass is 10.0. The normalized spacial score (nSPS) is 19.0. The fourth-order valence-corrected chi connectivity index (χ4v) is 5.63. The minimum atomic E-state index is -0.489. The molecule has 5 rings (SSSR count). The summed E-state index contributed by atoms with van der Waals surface area (Å²) < 4.78 is 1.41. The van der Waals surface area contributed by atoms with E-state index in [0.29, 0.717) is 37.5 Å². The standard InChI is InChI=1S/C22H12Cl3N5OS/c1-10-27-17(11-2-4-12(23)5-3-11)19-20(28-10)30-21(31)15(9-26)18(29-22(30)32-19)14-7-6-13(24)8-16(14)25/h2-8,17,19H,1H3. The molecule has 1 aromatic heterocycles. The molecule has 6 nitrogen and oxygen atoms in total. The van der Waals surface area contributed by atoms with Gasteiger partial charge in [0.2, 0.25) is 0 Å². The van der Waals surface area contributed by atoms with E-state index in [2.05, 4.69) is 9.98 Å². The maximum Gasteiger partial charge on any atom is 0.278 e. The van der Waals surface area contributed by atoms with Crippen LogP contribution in [0.4, 0.5) is 0 Å². The highest BCUT2D eigenvalue weighted by molar-refractivity contribution is 8.01. The van der Waals surface area contributed by atoms with E-state index < -0.39 is 5.56 Å². The Kier molecular flexibility index (Phi) is 5.34. The number of aromatic nitrogens is 2. The molecule has 3 heterocycles. The number of rotatable bonds is 2. The number of halogens is 3. The molecule has 158 valence electrons. The van der Waals surface area contributed by atoms with Gasteiger partial charge in [-0.05, 0) is 42.8 Å². The van der Waals surface area contributed by atoms with Crippen molar-refractivity contribution in [2.45, 2.75) is 23.4 Å². The number of benzene rings is 2. The Morgan fingerprint density at radius 1 is 1.09 bits per heavy atom.